The van der Waals surface area contributed by atoms with E-state index < -0.39 is 11.7 Å². The van der Waals surface area contributed by atoms with Crippen molar-refractivity contribution in [1.82, 2.24) is 14.5 Å². The molecule has 0 spiro atoms. The quantitative estimate of drug-likeness (QED) is 0.245. The molecule has 1 amide bonds. The van der Waals surface area contributed by atoms with Crippen LogP contribution in [0.2, 0.25) is 0 Å². The largest absolute Gasteiger partial charge is 0.494 e. The molecule has 2 heterocycles. The molecule has 0 radical (unpaired) electrons. The Labute approximate surface area is 204 Å². The number of anilines is 1. The predicted molar refractivity (Wildman–Crippen MR) is 136 cm³/mol. The van der Waals surface area contributed by atoms with Gasteiger partial charge in [0.15, 0.2) is 5.16 Å². The Hall–Kier alpha value is -4.11. The van der Waals surface area contributed by atoms with E-state index in [1.165, 1.54) is 16.7 Å². The zero-order valence-electron chi connectivity index (χ0n) is 18.7. The third-order valence-electron chi connectivity index (χ3n) is 5.38. The molecule has 5 aromatic rings. The number of nitrogens with zero attached hydrogens (tertiary/aromatic N) is 2. The van der Waals surface area contributed by atoms with Gasteiger partial charge in [0.2, 0.25) is 5.91 Å². The summed E-state index contributed by atoms with van der Waals surface area (Å²) in [5, 5.41) is 3.73. The fraction of sp³-hybridized carbons (Fsp3) is 0.115. The number of amides is 1. The van der Waals surface area contributed by atoms with Crippen molar-refractivity contribution >= 4 is 45.3 Å². The van der Waals surface area contributed by atoms with Gasteiger partial charge in [-0.2, -0.15) is 0 Å². The molecule has 0 aliphatic heterocycles. The number of hydrogen-bond donors (Lipinski definition) is 2. The van der Waals surface area contributed by atoms with Gasteiger partial charge < -0.3 is 15.0 Å². The first-order valence-corrected chi connectivity index (χ1v) is 12.0. The van der Waals surface area contributed by atoms with E-state index >= 15 is 0 Å². The lowest BCUT2D eigenvalue weighted by atomic mass is 10.2. The van der Waals surface area contributed by atoms with Gasteiger partial charge in [0.25, 0.3) is 5.56 Å². The van der Waals surface area contributed by atoms with Crippen molar-refractivity contribution in [3.05, 3.63) is 89.0 Å². The van der Waals surface area contributed by atoms with Crippen molar-refractivity contribution in [3.63, 3.8) is 0 Å². The van der Waals surface area contributed by atoms with Crippen molar-refractivity contribution < 1.29 is 13.9 Å². The van der Waals surface area contributed by atoms with Gasteiger partial charge in [0.05, 0.1) is 23.7 Å². The number of halogens is 1. The molecule has 176 valence electrons. The lowest BCUT2D eigenvalue weighted by Gasteiger charge is -2.13. The van der Waals surface area contributed by atoms with Gasteiger partial charge in [0.1, 0.15) is 22.6 Å². The number of carbonyl (C=O) groups excluding carboxylic acids is 1. The second kappa shape index (κ2) is 9.63. The number of aromatic nitrogens is 3. The minimum Gasteiger partial charge on any atom is -0.494 e. The summed E-state index contributed by atoms with van der Waals surface area (Å²) in [5.41, 5.74) is 2.10. The number of ether oxygens (including phenoxy) is 1. The third kappa shape index (κ3) is 4.50. The fourth-order valence-corrected chi connectivity index (χ4v) is 4.61. The van der Waals surface area contributed by atoms with Crippen molar-refractivity contribution in [2.24, 2.45) is 0 Å². The van der Waals surface area contributed by atoms with Crippen LogP contribution in [0.4, 0.5) is 10.1 Å². The van der Waals surface area contributed by atoms with Crippen molar-refractivity contribution in [1.29, 1.82) is 0 Å². The van der Waals surface area contributed by atoms with Gasteiger partial charge in [-0.05, 0) is 49.4 Å². The van der Waals surface area contributed by atoms with E-state index in [-0.39, 0.29) is 17.0 Å². The average Bonchev–Trinajstić information content (AvgIpc) is 3.24. The SMILES string of the molecule is CCOc1ccc(-n2c(SCC(=O)Nc3ccccc3F)nc3c([nH]c4ccccc43)c2=O)cc1. The summed E-state index contributed by atoms with van der Waals surface area (Å²) in [7, 11) is 0. The molecular weight excluding hydrogens is 467 g/mol. The Morgan fingerprint density at radius 2 is 1.83 bits per heavy atom. The van der Waals surface area contributed by atoms with Crippen LogP contribution in [0, 0.1) is 5.82 Å². The zero-order valence-corrected chi connectivity index (χ0v) is 19.6. The Balaban J connectivity index is 1.55. The number of para-hydroxylation sites is 2. The van der Waals surface area contributed by atoms with Crippen LogP contribution in [0.5, 0.6) is 5.75 Å². The molecule has 7 nitrogen and oxygen atoms in total. The van der Waals surface area contributed by atoms with E-state index in [1.807, 2.05) is 31.2 Å². The third-order valence-corrected chi connectivity index (χ3v) is 6.32. The highest BCUT2D eigenvalue weighted by Crippen LogP contribution is 2.27. The van der Waals surface area contributed by atoms with E-state index in [1.54, 1.807) is 36.4 Å². The molecule has 35 heavy (non-hydrogen) atoms. The molecule has 0 saturated carbocycles. The molecular formula is C26H21FN4O3S. The fourth-order valence-electron chi connectivity index (χ4n) is 3.80. The highest BCUT2D eigenvalue weighted by Gasteiger charge is 2.18. The van der Waals surface area contributed by atoms with Gasteiger partial charge in [-0.3, -0.25) is 14.2 Å². The zero-order chi connectivity index (χ0) is 24.4. The minimum atomic E-state index is -0.518. The molecule has 5 rings (SSSR count). The van der Waals surface area contributed by atoms with Gasteiger partial charge in [-0.1, -0.05) is 42.1 Å². The minimum absolute atomic E-state index is 0.0638. The van der Waals surface area contributed by atoms with Crippen LogP contribution in [0.15, 0.2) is 82.7 Å². The van der Waals surface area contributed by atoms with Crippen LogP contribution in [-0.2, 0) is 4.79 Å². The molecule has 0 saturated heterocycles. The maximum absolute atomic E-state index is 13.9. The Morgan fingerprint density at radius 3 is 2.60 bits per heavy atom. The van der Waals surface area contributed by atoms with Gasteiger partial charge >= 0.3 is 0 Å². The molecule has 2 N–H and O–H groups in total. The topological polar surface area (TPSA) is 89.0 Å². The lowest BCUT2D eigenvalue weighted by molar-refractivity contribution is -0.113. The van der Waals surface area contributed by atoms with Crippen LogP contribution in [0.25, 0.3) is 27.6 Å². The lowest BCUT2D eigenvalue weighted by Crippen LogP contribution is -2.23. The number of H-pyrrole nitrogens is 1. The summed E-state index contributed by atoms with van der Waals surface area (Å²) in [6.07, 6.45) is 0. The van der Waals surface area contributed by atoms with Crippen LogP contribution < -0.4 is 15.6 Å². The van der Waals surface area contributed by atoms with E-state index in [0.29, 0.717) is 34.2 Å². The molecule has 3 aromatic carbocycles. The normalized spacial score (nSPS) is 11.1. The second-order valence-electron chi connectivity index (χ2n) is 7.67. The number of carbonyl (C=O) groups is 1. The summed E-state index contributed by atoms with van der Waals surface area (Å²) in [5.74, 6) is -0.310. The molecule has 9 heteroatoms. The Morgan fingerprint density at radius 1 is 1.09 bits per heavy atom. The van der Waals surface area contributed by atoms with Gasteiger partial charge in [-0.15, -0.1) is 0 Å². The highest BCUT2D eigenvalue weighted by molar-refractivity contribution is 7.99. The summed E-state index contributed by atoms with van der Waals surface area (Å²) in [6, 6.07) is 20.6. The van der Waals surface area contributed by atoms with Gasteiger partial charge in [-0.25, -0.2) is 9.37 Å². The van der Waals surface area contributed by atoms with Crippen molar-refractivity contribution in [2.75, 3.05) is 17.7 Å². The summed E-state index contributed by atoms with van der Waals surface area (Å²) < 4.78 is 20.9. The number of hydrogen-bond acceptors (Lipinski definition) is 5. The molecule has 0 atom stereocenters. The van der Waals surface area contributed by atoms with Crippen LogP contribution in [0.3, 0.4) is 0 Å². The number of nitrogens with one attached hydrogen (secondary N) is 2. The summed E-state index contributed by atoms with van der Waals surface area (Å²) in [4.78, 5) is 34.1. The van der Waals surface area contributed by atoms with E-state index in [0.717, 1.165) is 22.7 Å². The molecule has 0 aliphatic carbocycles. The first kappa shape index (κ1) is 22.7. The molecule has 0 unspecified atom stereocenters. The standard InChI is InChI=1S/C26H21FN4O3S/c1-2-34-17-13-11-16(12-14-17)31-25(33)24-23(18-7-3-5-9-20(18)29-24)30-26(31)35-15-22(32)28-21-10-6-4-8-19(21)27/h3-14,29H,2,15H2,1H3,(H,28,32). The second-order valence-corrected chi connectivity index (χ2v) is 8.62. The first-order valence-electron chi connectivity index (χ1n) is 11.0. The van der Waals surface area contributed by atoms with Crippen LogP contribution in [-0.4, -0.2) is 32.8 Å². The Kier molecular flexibility index (Phi) is 6.24. The average molecular weight is 489 g/mol. The summed E-state index contributed by atoms with van der Waals surface area (Å²) >= 11 is 1.10. The number of benzene rings is 3. The maximum atomic E-state index is 13.9. The number of thioether (sulfide) groups is 1. The molecule has 0 fully saturated rings. The smallest absolute Gasteiger partial charge is 0.283 e. The summed E-state index contributed by atoms with van der Waals surface area (Å²) in [6.45, 7) is 2.42. The molecule has 0 bridgehead atoms. The number of aromatic amines is 1. The monoisotopic (exact) mass is 488 g/mol. The first-order chi connectivity index (χ1) is 17.0. The Bertz CT molecular complexity index is 1590. The van der Waals surface area contributed by atoms with Gasteiger partial charge in [0, 0.05) is 10.9 Å². The van der Waals surface area contributed by atoms with Crippen molar-refractivity contribution in [2.45, 2.75) is 12.1 Å². The van der Waals surface area contributed by atoms with E-state index in [4.69, 9.17) is 9.72 Å². The van der Waals surface area contributed by atoms with Crippen molar-refractivity contribution in [3.8, 4) is 11.4 Å². The highest BCUT2D eigenvalue weighted by atomic mass is 32.2. The molecule has 2 aromatic heterocycles. The number of fused-ring (bicyclic) bond motifs is 3. The van der Waals surface area contributed by atoms with E-state index in [2.05, 4.69) is 10.3 Å². The van der Waals surface area contributed by atoms with Crippen LogP contribution in [0.1, 0.15) is 6.92 Å². The van der Waals surface area contributed by atoms with E-state index in [9.17, 15) is 14.0 Å². The predicted octanol–water partition coefficient (Wildman–Crippen LogP) is 5.14. The number of rotatable bonds is 7. The molecule has 0 aliphatic rings. The van der Waals surface area contributed by atoms with Crippen LogP contribution >= 0.6 is 11.8 Å². The maximum Gasteiger partial charge on any atom is 0.283 e.